The molecular formula is C16H22N2O5S. The lowest BCUT2D eigenvalue weighted by Crippen LogP contribution is -2.51. The maximum absolute atomic E-state index is 12.1. The summed E-state index contributed by atoms with van der Waals surface area (Å²) in [4.78, 5) is 34.9. The maximum atomic E-state index is 12.1. The number of carbonyl (C=O) groups is 3. The molecule has 0 saturated carbocycles. The average molecular weight is 354 g/mol. The summed E-state index contributed by atoms with van der Waals surface area (Å²) in [6.07, 6.45) is 2.28. The highest BCUT2D eigenvalue weighted by Gasteiger charge is 2.23. The predicted octanol–water partition coefficient (Wildman–Crippen LogP) is 0.893. The molecule has 0 radical (unpaired) electrons. The van der Waals surface area contributed by atoms with Crippen LogP contribution >= 0.6 is 11.8 Å². The van der Waals surface area contributed by atoms with Gasteiger partial charge < -0.3 is 20.5 Å². The zero-order chi connectivity index (χ0) is 17.9. The summed E-state index contributed by atoms with van der Waals surface area (Å²) < 4.78 is 5.33. The molecule has 132 valence electrons. The maximum Gasteiger partial charge on any atom is 0.325 e. The van der Waals surface area contributed by atoms with Crippen molar-refractivity contribution in [2.24, 2.45) is 0 Å². The first-order valence-corrected chi connectivity index (χ1v) is 8.82. The van der Waals surface area contributed by atoms with Crippen molar-refractivity contribution < 1.29 is 24.2 Å². The quantitative estimate of drug-likeness (QED) is 0.576. The zero-order valence-corrected chi connectivity index (χ0v) is 14.5. The summed E-state index contributed by atoms with van der Waals surface area (Å²) in [6.45, 7) is 1.15. The molecule has 0 aliphatic rings. The van der Waals surface area contributed by atoms with Gasteiger partial charge in [0.05, 0.1) is 0 Å². The summed E-state index contributed by atoms with van der Waals surface area (Å²) in [6, 6.07) is 7.03. The van der Waals surface area contributed by atoms with Crippen LogP contribution < -0.4 is 15.4 Å². The Hall–Kier alpha value is -2.22. The second kappa shape index (κ2) is 10.5. The van der Waals surface area contributed by atoms with Gasteiger partial charge in [0.1, 0.15) is 17.8 Å². The molecule has 0 bridgehead atoms. The first-order chi connectivity index (χ1) is 11.4. The number of nitrogens with one attached hydrogen (secondary N) is 2. The largest absolute Gasteiger partial charge is 0.484 e. The van der Waals surface area contributed by atoms with Gasteiger partial charge in [0.2, 0.25) is 5.91 Å². The molecule has 0 fully saturated rings. The number of amides is 2. The van der Waals surface area contributed by atoms with Crippen LogP contribution in [0, 0.1) is 0 Å². The van der Waals surface area contributed by atoms with E-state index in [4.69, 9.17) is 9.84 Å². The lowest BCUT2D eigenvalue weighted by molar-refractivity contribution is -0.141. The van der Waals surface area contributed by atoms with E-state index < -0.39 is 29.9 Å². The van der Waals surface area contributed by atoms with Crippen molar-refractivity contribution in [3.8, 4) is 5.75 Å². The number of hydrogen-bond acceptors (Lipinski definition) is 5. The first-order valence-electron chi connectivity index (χ1n) is 7.43. The summed E-state index contributed by atoms with van der Waals surface area (Å²) in [5.41, 5.74) is 0. The van der Waals surface area contributed by atoms with Gasteiger partial charge in [-0.1, -0.05) is 18.2 Å². The third-order valence-electron chi connectivity index (χ3n) is 3.10. The molecule has 7 nitrogen and oxygen atoms in total. The zero-order valence-electron chi connectivity index (χ0n) is 13.7. The van der Waals surface area contributed by atoms with Crippen molar-refractivity contribution in [2.75, 3.05) is 18.6 Å². The van der Waals surface area contributed by atoms with E-state index in [1.165, 1.54) is 18.7 Å². The Labute approximate surface area is 145 Å². The molecule has 0 aromatic heterocycles. The fraction of sp³-hybridized carbons (Fsp3) is 0.438. The molecule has 2 amide bonds. The Morgan fingerprint density at radius 1 is 1.21 bits per heavy atom. The Morgan fingerprint density at radius 3 is 2.46 bits per heavy atom. The number of benzene rings is 1. The van der Waals surface area contributed by atoms with Crippen LogP contribution in [0.15, 0.2) is 30.3 Å². The summed E-state index contributed by atoms with van der Waals surface area (Å²) in [5, 5.41) is 13.8. The molecule has 0 spiro atoms. The second-order valence-electron chi connectivity index (χ2n) is 5.07. The summed E-state index contributed by atoms with van der Waals surface area (Å²) in [5.74, 6) is -0.891. The second-order valence-corrected chi connectivity index (χ2v) is 6.06. The third kappa shape index (κ3) is 7.36. The van der Waals surface area contributed by atoms with E-state index in [-0.39, 0.29) is 6.61 Å². The van der Waals surface area contributed by atoms with Crippen molar-refractivity contribution >= 4 is 29.5 Å². The van der Waals surface area contributed by atoms with Gasteiger partial charge in [-0.2, -0.15) is 11.8 Å². The van der Waals surface area contributed by atoms with E-state index in [0.29, 0.717) is 17.9 Å². The van der Waals surface area contributed by atoms with E-state index in [1.54, 1.807) is 24.3 Å². The highest BCUT2D eigenvalue weighted by Crippen LogP contribution is 2.08. The van der Waals surface area contributed by atoms with Gasteiger partial charge in [-0.15, -0.1) is 0 Å². The highest BCUT2D eigenvalue weighted by atomic mass is 32.2. The van der Waals surface area contributed by atoms with Gasteiger partial charge >= 0.3 is 5.97 Å². The molecule has 2 atom stereocenters. The number of rotatable bonds is 10. The molecule has 0 aliphatic carbocycles. The van der Waals surface area contributed by atoms with Crippen LogP contribution in [0.4, 0.5) is 0 Å². The standard InChI is InChI=1S/C16H22N2O5S/c1-11(16(21)22)17-15(20)13(8-9-24-2)18-14(19)10-23-12-6-4-3-5-7-12/h3-7,11,13H,8-10H2,1-2H3,(H,17,20)(H,18,19)(H,21,22)/t11-,13?/m0/s1. The predicted molar refractivity (Wildman–Crippen MR) is 92.1 cm³/mol. The van der Waals surface area contributed by atoms with Gasteiger partial charge in [-0.3, -0.25) is 14.4 Å². The Balaban J connectivity index is 2.55. The minimum Gasteiger partial charge on any atom is -0.484 e. The Bertz CT molecular complexity index is 553. The smallest absolute Gasteiger partial charge is 0.325 e. The van der Waals surface area contributed by atoms with Crippen molar-refractivity contribution in [3.05, 3.63) is 30.3 Å². The molecule has 1 unspecified atom stereocenters. The van der Waals surface area contributed by atoms with Crippen LogP contribution in [0.5, 0.6) is 5.75 Å². The normalized spacial score (nSPS) is 12.8. The number of carboxylic acids is 1. The number of aliphatic carboxylic acids is 1. The number of thioether (sulfide) groups is 1. The van der Waals surface area contributed by atoms with Crippen LogP contribution in [0.1, 0.15) is 13.3 Å². The molecule has 1 rings (SSSR count). The van der Waals surface area contributed by atoms with Gasteiger partial charge in [0.15, 0.2) is 6.61 Å². The van der Waals surface area contributed by atoms with Crippen LogP contribution in [0.2, 0.25) is 0 Å². The first kappa shape index (κ1) is 19.8. The average Bonchev–Trinajstić information content (AvgIpc) is 2.57. The fourth-order valence-electron chi connectivity index (χ4n) is 1.78. The lowest BCUT2D eigenvalue weighted by atomic mass is 10.2. The molecule has 24 heavy (non-hydrogen) atoms. The molecular weight excluding hydrogens is 332 g/mol. The SMILES string of the molecule is CSCCC(NC(=O)COc1ccccc1)C(=O)N[C@@H](C)C(=O)O. The number of ether oxygens (including phenoxy) is 1. The lowest BCUT2D eigenvalue weighted by Gasteiger charge is -2.19. The molecule has 0 aliphatic heterocycles. The number of para-hydroxylation sites is 1. The van der Waals surface area contributed by atoms with Crippen LogP contribution in [0.25, 0.3) is 0 Å². The number of carbonyl (C=O) groups excluding carboxylic acids is 2. The molecule has 0 heterocycles. The van der Waals surface area contributed by atoms with E-state index in [0.717, 1.165) is 0 Å². The topological polar surface area (TPSA) is 105 Å². The number of carboxylic acid groups (broad SMARTS) is 1. The van der Waals surface area contributed by atoms with Crippen molar-refractivity contribution in [2.45, 2.75) is 25.4 Å². The van der Waals surface area contributed by atoms with Gasteiger partial charge in [-0.25, -0.2) is 0 Å². The van der Waals surface area contributed by atoms with Gasteiger partial charge in [0, 0.05) is 0 Å². The van der Waals surface area contributed by atoms with Crippen LogP contribution in [0.3, 0.4) is 0 Å². The minimum absolute atomic E-state index is 0.221. The molecule has 1 aromatic rings. The van der Waals surface area contributed by atoms with Gasteiger partial charge in [0.25, 0.3) is 5.91 Å². The van der Waals surface area contributed by atoms with E-state index in [1.807, 2.05) is 12.3 Å². The molecule has 8 heteroatoms. The van der Waals surface area contributed by atoms with E-state index >= 15 is 0 Å². The van der Waals surface area contributed by atoms with Crippen LogP contribution in [-0.2, 0) is 14.4 Å². The van der Waals surface area contributed by atoms with E-state index in [2.05, 4.69) is 10.6 Å². The van der Waals surface area contributed by atoms with Crippen molar-refractivity contribution in [1.29, 1.82) is 0 Å². The molecule has 0 saturated heterocycles. The minimum atomic E-state index is -1.13. The monoisotopic (exact) mass is 354 g/mol. The van der Waals surface area contributed by atoms with E-state index in [9.17, 15) is 14.4 Å². The Kier molecular flexibility index (Phi) is 8.70. The molecule has 3 N–H and O–H groups in total. The summed E-state index contributed by atoms with van der Waals surface area (Å²) >= 11 is 1.53. The van der Waals surface area contributed by atoms with Crippen LogP contribution in [-0.4, -0.2) is 53.6 Å². The summed E-state index contributed by atoms with van der Waals surface area (Å²) in [7, 11) is 0. The van der Waals surface area contributed by atoms with Crippen molar-refractivity contribution in [1.82, 2.24) is 10.6 Å². The Morgan fingerprint density at radius 2 is 1.88 bits per heavy atom. The van der Waals surface area contributed by atoms with Crippen molar-refractivity contribution in [3.63, 3.8) is 0 Å². The molecule has 1 aromatic carbocycles. The highest BCUT2D eigenvalue weighted by molar-refractivity contribution is 7.98. The fourth-order valence-corrected chi connectivity index (χ4v) is 2.25. The number of hydrogen-bond donors (Lipinski definition) is 3. The van der Waals surface area contributed by atoms with Gasteiger partial charge in [-0.05, 0) is 37.5 Å². The third-order valence-corrected chi connectivity index (χ3v) is 3.75.